The van der Waals surface area contributed by atoms with Gasteiger partial charge >= 0.3 is 0 Å². The summed E-state index contributed by atoms with van der Waals surface area (Å²) in [6, 6.07) is 14.3. The number of nitrogens with zero attached hydrogens (tertiary/aromatic N) is 2. The third-order valence-electron chi connectivity index (χ3n) is 3.26. The summed E-state index contributed by atoms with van der Waals surface area (Å²) in [5.74, 6) is -0.534. The first kappa shape index (κ1) is 19.1. The van der Waals surface area contributed by atoms with Crippen LogP contribution in [0.2, 0.25) is 0 Å². The summed E-state index contributed by atoms with van der Waals surface area (Å²) < 4.78 is 25.7. The molecule has 25 heavy (non-hydrogen) atoms. The minimum absolute atomic E-state index is 0.361. The average molecular weight is 424 g/mol. The van der Waals surface area contributed by atoms with Crippen molar-refractivity contribution in [3.8, 4) is 0 Å². The Morgan fingerprint density at radius 1 is 1.24 bits per heavy atom. The Labute approximate surface area is 155 Å². The number of carbonyl (C=O) groups is 1. The van der Waals surface area contributed by atoms with Gasteiger partial charge in [0.05, 0.1) is 18.2 Å². The van der Waals surface area contributed by atoms with Crippen LogP contribution in [0.15, 0.2) is 58.1 Å². The molecule has 0 bridgehead atoms. The summed E-state index contributed by atoms with van der Waals surface area (Å²) >= 11 is 3.29. The zero-order valence-corrected chi connectivity index (χ0v) is 16.2. The van der Waals surface area contributed by atoms with Gasteiger partial charge in [0.1, 0.15) is 6.54 Å². The number of carbonyl (C=O) groups excluding carboxylic acids is 1. The number of anilines is 1. The second-order valence-electron chi connectivity index (χ2n) is 5.45. The molecule has 0 fully saturated rings. The highest BCUT2D eigenvalue weighted by molar-refractivity contribution is 9.10. The van der Waals surface area contributed by atoms with E-state index in [2.05, 4.69) is 26.5 Å². The van der Waals surface area contributed by atoms with Gasteiger partial charge in [-0.25, -0.2) is 13.8 Å². The highest BCUT2D eigenvalue weighted by Gasteiger charge is 2.20. The van der Waals surface area contributed by atoms with Crippen LogP contribution >= 0.6 is 15.9 Å². The summed E-state index contributed by atoms with van der Waals surface area (Å²) in [7, 11) is -3.61. The molecule has 0 unspecified atom stereocenters. The molecule has 2 aromatic rings. The van der Waals surface area contributed by atoms with Crippen LogP contribution < -0.4 is 9.73 Å². The summed E-state index contributed by atoms with van der Waals surface area (Å²) in [6.45, 7) is 1.62. The summed E-state index contributed by atoms with van der Waals surface area (Å²) in [4.78, 5) is 12.1. The molecule has 2 aromatic carbocycles. The highest BCUT2D eigenvalue weighted by Crippen LogP contribution is 2.21. The maximum atomic E-state index is 12.1. The number of sulfonamides is 1. The minimum Gasteiger partial charge on any atom is -0.271 e. The van der Waals surface area contributed by atoms with E-state index in [1.165, 1.54) is 6.21 Å². The van der Waals surface area contributed by atoms with E-state index in [0.29, 0.717) is 5.69 Å². The number of aryl methyl sites for hydroxylation is 1. The molecule has 2 rings (SSSR count). The van der Waals surface area contributed by atoms with E-state index in [-0.39, 0.29) is 6.54 Å². The van der Waals surface area contributed by atoms with Gasteiger partial charge in [-0.3, -0.25) is 9.10 Å². The van der Waals surface area contributed by atoms with E-state index in [9.17, 15) is 13.2 Å². The molecule has 0 atom stereocenters. The number of hydrazone groups is 1. The lowest BCUT2D eigenvalue weighted by molar-refractivity contribution is -0.119. The number of amides is 1. The summed E-state index contributed by atoms with van der Waals surface area (Å²) in [5.41, 5.74) is 4.70. The molecule has 0 aliphatic carbocycles. The number of benzene rings is 2. The van der Waals surface area contributed by atoms with Crippen LogP contribution in [0.4, 0.5) is 5.69 Å². The minimum atomic E-state index is -3.61. The molecular formula is C17H18BrN3O3S. The van der Waals surface area contributed by atoms with Crippen molar-refractivity contribution in [2.24, 2.45) is 5.10 Å². The van der Waals surface area contributed by atoms with E-state index >= 15 is 0 Å². The van der Waals surface area contributed by atoms with Crippen LogP contribution in [0.3, 0.4) is 0 Å². The van der Waals surface area contributed by atoms with E-state index in [1.54, 1.807) is 24.3 Å². The van der Waals surface area contributed by atoms with Gasteiger partial charge in [-0.15, -0.1) is 0 Å². The average Bonchev–Trinajstić information content (AvgIpc) is 2.53. The van der Waals surface area contributed by atoms with Gasteiger partial charge in [0, 0.05) is 4.47 Å². The molecule has 0 saturated heterocycles. The highest BCUT2D eigenvalue weighted by atomic mass is 79.9. The number of nitrogens with one attached hydrogen (secondary N) is 1. The molecule has 1 amide bonds. The molecule has 0 saturated carbocycles. The maximum absolute atomic E-state index is 12.1. The molecule has 132 valence electrons. The molecule has 8 heteroatoms. The molecule has 0 aliphatic rings. The Bertz CT molecular complexity index is 880. The second-order valence-corrected chi connectivity index (χ2v) is 8.28. The Morgan fingerprint density at radius 2 is 1.92 bits per heavy atom. The molecule has 0 aromatic heterocycles. The van der Waals surface area contributed by atoms with Crippen LogP contribution in [-0.4, -0.2) is 33.3 Å². The van der Waals surface area contributed by atoms with Crippen molar-refractivity contribution in [3.05, 3.63) is 64.1 Å². The molecular weight excluding hydrogens is 406 g/mol. The third kappa shape index (κ3) is 5.99. The fraction of sp³-hybridized carbons (Fsp3) is 0.176. The standard InChI is InChI=1S/C17H18BrN3O3S/c1-13-6-8-14(9-7-13)11-19-20-17(22)12-21(25(2,23)24)16-5-3-4-15(18)10-16/h3-11H,12H2,1-2H3,(H,20,22)/b19-11+. The zero-order chi connectivity index (χ0) is 18.4. The van der Waals surface area contributed by atoms with E-state index in [0.717, 1.165) is 26.2 Å². The van der Waals surface area contributed by atoms with Crippen molar-refractivity contribution in [1.82, 2.24) is 5.43 Å². The monoisotopic (exact) mass is 423 g/mol. The van der Waals surface area contributed by atoms with Gasteiger partial charge in [-0.05, 0) is 30.7 Å². The van der Waals surface area contributed by atoms with Crippen LogP contribution in [0.1, 0.15) is 11.1 Å². The molecule has 0 aliphatic heterocycles. The Balaban J connectivity index is 2.06. The Hall–Kier alpha value is -2.19. The normalized spacial score (nSPS) is 11.5. The van der Waals surface area contributed by atoms with Crippen molar-refractivity contribution < 1.29 is 13.2 Å². The van der Waals surface area contributed by atoms with Gasteiger partial charge in [0.15, 0.2) is 0 Å². The van der Waals surface area contributed by atoms with Crippen LogP contribution in [-0.2, 0) is 14.8 Å². The molecule has 0 heterocycles. The first-order valence-electron chi connectivity index (χ1n) is 7.37. The van der Waals surface area contributed by atoms with E-state index in [1.807, 2.05) is 31.2 Å². The Kier molecular flexibility index (Phi) is 6.33. The van der Waals surface area contributed by atoms with Crippen molar-refractivity contribution in [3.63, 3.8) is 0 Å². The molecule has 6 nitrogen and oxygen atoms in total. The predicted molar refractivity (Wildman–Crippen MR) is 103 cm³/mol. The van der Waals surface area contributed by atoms with Gasteiger partial charge in [-0.1, -0.05) is 51.8 Å². The van der Waals surface area contributed by atoms with Crippen LogP contribution in [0, 0.1) is 6.92 Å². The van der Waals surface area contributed by atoms with Crippen molar-refractivity contribution in [2.75, 3.05) is 17.1 Å². The lowest BCUT2D eigenvalue weighted by Gasteiger charge is -2.21. The first-order chi connectivity index (χ1) is 11.8. The van der Waals surface area contributed by atoms with Gasteiger partial charge in [0.2, 0.25) is 10.0 Å². The van der Waals surface area contributed by atoms with Gasteiger partial charge < -0.3 is 0 Å². The lowest BCUT2D eigenvalue weighted by Crippen LogP contribution is -2.39. The van der Waals surface area contributed by atoms with Gasteiger partial charge in [0.25, 0.3) is 5.91 Å². The molecule has 0 spiro atoms. The summed E-state index contributed by atoms with van der Waals surface area (Å²) in [6.07, 6.45) is 2.55. The van der Waals surface area contributed by atoms with Gasteiger partial charge in [-0.2, -0.15) is 5.10 Å². The maximum Gasteiger partial charge on any atom is 0.260 e. The quantitative estimate of drug-likeness (QED) is 0.572. The first-order valence-corrected chi connectivity index (χ1v) is 10.0. The zero-order valence-electron chi connectivity index (χ0n) is 13.8. The number of hydrogen-bond acceptors (Lipinski definition) is 4. The topological polar surface area (TPSA) is 78.8 Å². The predicted octanol–water partition coefficient (Wildman–Crippen LogP) is 2.67. The summed E-state index contributed by atoms with van der Waals surface area (Å²) in [5, 5.41) is 3.86. The van der Waals surface area contributed by atoms with E-state index in [4.69, 9.17) is 0 Å². The van der Waals surface area contributed by atoms with Crippen molar-refractivity contribution in [2.45, 2.75) is 6.92 Å². The Morgan fingerprint density at radius 3 is 2.52 bits per heavy atom. The van der Waals surface area contributed by atoms with Crippen LogP contribution in [0.5, 0.6) is 0 Å². The molecule has 1 N–H and O–H groups in total. The number of rotatable bonds is 6. The number of hydrogen-bond donors (Lipinski definition) is 1. The van der Waals surface area contributed by atoms with Crippen molar-refractivity contribution >= 4 is 43.8 Å². The number of halogens is 1. The molecule has 0 radical (unpaired) electrons. The second kappa shape index (κ2) is 8.26. The van der Waals surface area contributed by atoms with Crippen LogP contribution in [0.25, 0.3) is 0 Å². The van der Waals surface area contributed by atoms with E-state index < -0.39 is 15.9 Å². The SMILES string of the molecule is Cc1ccc(/C=N/NC(=O)CN(c2cccc(Br)c2)S(C)(=O)=O)cc1. The fourth-order valence-electron chi connectivity index (χ4n) is 2.03. The smallest absolute Gasteiger partial charge is 0.260 e. The largest absolute Gasteiger partial charge is 0.271 e. The fourth-order valence-corrected chi connectivity index (χ4v) is 3.26. The lowest BCUT2D eigenvalue weighted by atomic mass is 10.2. The van der Waals surface area contributed by atoms with Crippen molar-refractivity contribution in [1.29, 1.82) is 0 Å². The third-order valence-corrected chi connectivity index (χ3v) is 4.90.